The molecule has 1 atom stereocenters. The number of benzene rings is 1. The van der Waals surface area contributed by atoms with Gasteiger partial charge in [-0.1, -0.05) is 44.2 Å². The Labute approximate surface area is 97.4 Å². The van der Waals surface area contributed by atoms with Crippen molar-refractivity contribution in [3.05, 3.63) is 41.8 Å². The third-order valence-corrected chi connectivity index (χ3v) is 2.08. The average Bonchev–Trinajstić information content (AvgIpc) is 2.25. The van der Waals surface area contributed by atoms with Crippen LogP contribution in [0.15, 0.2) is 30.3 Å². The largest absolute Gasteiger partial charge is 0.490 e. The fraction of sp³-hybridized carbons (Fsp3) is 0.333. The van der Waals surface area contributed by atoms with Crippen molar-refractivity contribution >= 4 is 5.97 Å². The molecular formula is C12H12F3O2. The molecular weight excluding hydrogens is 233 g/mol. The van der Waals surface area contributed by atoms with Crippen LogP contribution in [0.25, 0.3) is 0 Å². The molecule has 93 valence electrons. The second-order valence-electron chi connectivity index (χ2n) is 3.77. The molecule has 0 amide bonds. The van der Waals surface area contributed by atoms with Crippen LogP contribution in [0.4, 0.5) is 13.2 Å². The minimum absolute atomic E-state index is 0.519. The van der Waals surface area contributed by atoms with Crippen LogP contribution in [0.1, 0.15) is 25.5 Å². The Morgan fingerprint density at radius 2 is 1.71 bits per heavy atom. The maximum absolute atomic E-state index is 12.1. The first kappa shape index (κ1) is 13.5. The molecule has 1 unspecified atom stereocenters. The molecule has 0 spiro atoms. The van der Waals surface area contributed by atoms with E-state index in [1.807, 2.05) is 0 Å². The average molecular weight is 245 g/mol. The second-order valence-corrected chi connectivity index (χ2v) is 3.77. The topological polar surface area (TPSA) is 26.3 Å². The highest BCUT2D eigenvalue weighted by atomic mass is 19.4. The number of hydrogen-bond donors (Lipinski definition) is 0. The monoisotopic (exact) mass is 245 g/mol. The first-order valence-corrected chi connectivity index (χ1v) is 4.95. The highest BCUT2D eigenvalue weighted by Crippen LogP contribution is 2.30. The summed E-state index contributed by atoms with van der Waals surface area (Å²) in [7, 11) is 0. The predicted octanol–water partition coefficient (Wildman–Crippen LogP) is 3.45. The van der Waals surface area contributed by atoms with Gasteiger partial charge in [0.05, 0.1) is 0 Å². The second kappa shape index (κ2) is 5.21. The van der Waals surface area contributed by atoms with Crippen LogP contribution in [0.2, 0.25) is 0 Å². The van der Waals surface area contributed by atoms with Crippen LogP contribution in [0.5, 0.6) is 0 Å². The van der Waals surface area contributed by atoms with Gasteiger partial charge in [0, 0.05) is 5.92 Å². The Balaban J connectivity index is 2.86. The minimum atomic E-state index is -4.97. The van der Waals surface area contributed by atoms with E-state index in [9.17, 15) is 18.0 Å². The van der Waals surface area contributed by atoms with Crippen molar-refractivity contribution in [3.8, 4) is 0 Å². The Morgan fingerprint density at radius 1 is 1.18 bits per heavy atom. The zero-order chi connectivity index (χ0) is 13.1. The van der Waals surface area contributed by atoms with E-state index >= 15 is 0 Å². The lowest BCUT2D eigenvalue weighted by molar-refractivity contribution is -0.204. The molecule has 0 heterocycles. The summed E-state index contributed by atoms with van der Waals surface area (Å²) in [4.78, 5) is 10.8. The lowest BCUT2D eigenvalue weighted by atomic mass is 9.99. The third-order valence-electron chi connectivity index (χ3n) is 2.08. The van der Waals surface area contributed by atoms with Crippen LogP contribution in [-0.4, -0.2) is 12.1 Å². The predicted molar refractivity (Wildman–Crippen MR) is 55.9 cm³/mol. The van der Waals surface area contributed by atoms with Crippen molar-refractivity contribution in [2.75, 3.05) is 0 Å². The Hall–Kier alpha value is -1.52. The standard InChI is InChI=1S/C12H12F3O2/c1-8(2)10(9-6-4-3-5-7-9)17-11(16)12(13,14)15/h3-7,10H,1-2H3. The fourth-order valence-electron chi connectivity index (χ4n) is 1.32. The summed E-state index contributed by atoms with van der Waals surface area (Å²) < 4.78 is 40.8. The normalized spacial score (nSPS) is 13.5. The van der Waals surface area contributed by atoms with Gasteiger partial charge >= 0.3 is 12.1 Å². The zero-order valence-electron chi connectivity index (χ0n) is 9.41. The molecule has 17 heavy (non-hydrogen) atoms. The van der Waals surface area contributed by atoms with Gasteiger partial charge in [0.2, 0.25) is 0 Å². The van der Waals surface area contributed by atoms with Crippen LogP contribution in [-0.2, 0) is 9.53 Å². The molecule has 0 saturated carbocycles. The van der Waals surface area contributed by atoms with E-state index in [-0.39, 0.29) is 0 Å². The Kier molecular flexibility index (Phi) is 4.15. The number of carbonyl (C=O) groups is 1. The number of esters is 1. The van der Waals surface area contributed by atoms with Crippen LogP contribution < -0.4 is 0 Å². The molecule has 1 rings (SSSR count). The maximum atomic E-state index is 12.1. The lowest BCUT2D eigenvalue weighted by Gasteiger charge is -2.21. The van der Waals surface area contributed by atoms with Crippen LogP contribution >= 0.6 is 0 Å². The summed E-state index contributed by atoms with van der Waals surface area (Å²) in [6, 6.07) is 8.30. The minimum Gasteiger partial charge on any atom is -0.450 e. The van der Waals surface area contributed by atoms with Gasteiger partial charge in [-0.3, -0.25) is 0 Å². The zero-order valence-corrected chi connectivity index (χ0v) is 9.41. The number of rotatable bonds is 3. The fourth-order valence-corrected chi connectivity index (χ4v) is 1.32. The molecule has 0 bridgehead atoms. The van der Waals surface area contributed by atoms with Crippen molar-refractivity contribution in [2.24, 2.45) is 0 Å². The summed E-state index contributed by atoms with van der Waals surface area (Å²) in [5, 5.41) is 0. The van der Waals surface area contributed by atoms with Crippen molar-refractivity contribution in [2.45, 2.75) is 26.1 Å². The molecule has 1 aromatic rings. The van der Waals surface area contributed by atoms with Gasteiger partial charge in [0.25, 0.3) is 0 Å². The number of alkyl halides is 3. The van der Waals surface area contributed by atoms with Gasteiger partial charge in [-0.25, -0.2) is 4.79 Å². The summed E-state index contributed by atoms with van der Waals surface area (Å²) in [5.74, 6) is -1.60. The van der Waals surface area contributed by atoms with E-state index in [1.54, 1.807) is 44.2 Å². The van der Waals surface area contributed by atoms with Crippen molar-refractivity contribution in [3.63, 3.8) is 0 Å². The van der Waals surface area contributed by atoms with E-state index in [4.69, 9.17) is 0 Å². The van der Waals surface area contributed by atoms with E-state index in [0.717, 1.165) is 0 Å². The Morgan fingerprint density at radius 3 is 2.12 bits per heavy atom. The van der Waals surface area contributed by atoms with E-state index < -0.39 is 18.2 Å². The number of halogens is 3. The van der Waals surface area contributed by atoms with Crippen LogP contribution in [0, 0.1) is 5.92 Å². The number of ether oxygens (including phenoxy) is 1. The van der Waals surface area contributed by atoms with Crippen molar-refractivity contribution < 1.29 is 22.7 Å². The highest BCUT2D eigenvalue weighted by molar-refractivity contribution is 5.76. The van der Waals surface area contributed by atoms with Gasteiger partial charge in [0.15, 0.2) is 0 Å². The molecule has 1 radical (unpaired) electrons. The molecule has 5 heteroatoms. The quantitative estimate of drug-likeness (QED) is 0.762. The smallest absolute Gasteiger partial charge is 0.450 e. The van der Waals surface area contributed by atoms with Gasteiger partial charge < -0.3 is 4.74 Å². The number of carbonyl (C=O) groups excluding carboxylic acids is 1. The molecule has 0 aliphatic carbocycles. The first-order chi connectivity index (χ1) is 7.82. The highest BCUT2D eigenvalue weighted by Gasteiger charge is 2.42. The van der Waals surface area contributed by atoms with Gasteiger partial charge in [-0.2, -0.15) is 13.2 Å². The van der Waals surface area contributed by atoms with E-state index in [0.29, 0.717) is 11.5 Å². The molecule has 0 fully saturated rings. The molecule has 0 aliphatic heterocycles. The van der Waals surface area contributed by atoms with Crippen molar-refractivity contribution in [1.29, 1.82) is 0 Å². The molecule has 0 aliphatic rings. The van der Waals surface area contributed by atoms with Gasteiger partial charge in [0.1, 0.15) is 6.10 Å². The maximum Gasteiger partial charge on any atom is 0.490 e. The van der Waals surface area contributed by atoms with E-state index in [2.05, 4.69) is 4.74 Å². The molecule has 0 aromatic heterocycles. The summed E-state index contributed by atoms with van der Waals surface area (Å²) in [5.41, 5.74) is 0.519. The number of hydrogen-bond acceptors (Lipinski definition) is 2. The first-order valence-electron chi connectivity index (χ1n) is 4.95. The molecule has 1 aromatic carbocycles. The summed E-state index contributed by atoms with van der Waals surface area (Å²) in [6.45, 7) is 3.22. The van der Waals surface area contributed by atoms with Crippen molar-refractivity contribution in [1.82, 2.24) is 0 Å². The molecule has 0 saturated heterocycles. The van der Waals surface area contributed by atoms with Gasteiger partial charge in [-0.05, 0) is 5.56 Å². The lowest BCUT2D eigenvalue weighted by Crippen LogP contribution is -2.28. The molecule has 0 N–H and O–H groups in total. The third kappa shape index (κ3) is 3.76. The van der Waals surface area contributed by atoms with E-state index in [1.165, 1.54) is 0 Å². The SMILES string of the molecule is C[C](C)C(OC(=O)C(F)(F)F)c1ccccc1. The van der Waals surface area contributed by atoms with Crippen LogP contribution in [0.3, 0.4) is 0 Å². The molecule has 2 nitrogen and oxygen atoms in total. The summed E-state index contributed by atoms with van der Waals surface area (Å²) >= 11 is 0. The Bertz CT molecular complexity index is 371. The summed E-state index contributed by atoms with van der Waals surface area (Å²) in [6.07, 6.45) is -5.94. The van der Waals surface area contributed by atoms with Gasteiger partial charge in [-0.15, -0.1) is 0 Å².